The standard InChI is InChI=1S/C35H53N9O6/c1-19(2)24(30(48)42-13-15-43(16-14-42)32-37-11-8-12-38-32)40-33(50)41-27(34(3,4)5)31(49)44-18-21-23(35(21,6)7)25(44)29(47)39-22(17-20-9-10-20)26(45)28(36)46/h8,11-12,19-25,27H,9-10,13-18H2,1-7H3,(H2,36,46)(H,39,47)(H2,40,41,50)/t21-,22?,23-,24?,25-,27+/m0/s1. The molecule has 0 aromatic carbocycles. The minimum Gasteiger partial charge on any atom is -0.363 e. The normalized spacial score (nSPS) is 24.5. The van der Waals surface area contributed by atoms with Crippen LogP contribution in [-0.4, -0.2) is 112 Å². The summed E-state index contributed by atoms with van der Waals surface area (Å²) >= 11 is 0. The van der Waals surface area contributed by atoms with Gasteiger partial charge >= 0.3 is 6.03 Å². The molecule has 50 heavy (non-hydrogen) atoms. The molecule has 0 radical (unpaired) electrons. The first-order valence-electron chi connectivity index (χ1n) is 17.7. The van der Waals surface area contributed by atoms with Gasteiger partial charge in [0.05, 0.1) is 6.04 Å². The van der Waals surface area contributed by atoms with Gasteiger partial charge in [-0.2, -0.15) is 0 Å². The number of urea groups is 1. The first-order valence-corrected chi connectivity index (χ1v) is 17.7. The lowest BCUT2D eigenvalue weighted by atomic mass is 9.85. The van der Waals surface area contributed by atoms with Gasteiger partial charge in [0, 0.05) is 45.1 Å². The molecule has 2 aliphatic heterocycles. The van der Waals surface area contributed by atoms with Crippen molar-refractivity contribution in [1.29, 1.82) is 0 Å². The van der Waals surface area contributed by atoms with E-state index in [-0.39, 0.29) is 35.0 Å². The van der Waals surface area contributed by atoms with E-state index in [1.54, 1.807) is 23.4 Å². The fourth-order valence-electron chi connectivity index (χ4n) is 7.58. The van der Waals surface area contributed by atoms with E-state index in [0.29, 0.717) is 45.1 Å². The number of carbonyl (C=O) groups excluding carboxylic acids is 6. The van der Waals surface area contributed by atoms with Gasteiger partial charge in [0.15, 0.2) is 0 Å². The fraction of sp³-hybridized carbons (Fsp3) is 0.714. The number of nitrogens with one attached hydrogen (secondary N) is 3. The molecule has 2 saturated heterocycles. The van der Waals surface area contributed by atoms with Crippen LogP contribution in [-0.2, 0) is 24.0 Å². The Morgan fingerprint density at radius 3 is 2.10 bits per heavy atom. The van der Waals surface area contributed by atoms with E-state index in [0.717, 1.165) is 12.8 Å². The molecule has 274 valence electrons. The van der Waals surface area contributed by atoms with E-state index in [2.05, 4.69) is 25.9 Å². The zero-order valence-electron chi connectivity index (χ0n) is 30.3. The monoisotopic (exact) mass is 695 g/mol. The van der Waals surface area contributed by atoms with E-state index in [4.69, 9.17) is 5.73 Å². The van der Waals surface area contributed by atoms with Crippen LogP contribution < -0.4 is 26.6 Å². The molecule has 5 rings (SSSR count). The molecule has 15 heteroatoms. The van der Waals surface area contributed by atoms with Crippen molar-refractivity contribution in [3.05, 3.63) is 18.5 Å². The summed E-state index contributed by atoms with van der Waals surface area (Å²) in [4.78, 5) is 93.8. The van der Waals surface area contributed by atoms with Crippen molar-refractivity contribution in [3.8, 4) is 0 Å². The van der Waals surface area contributed by atoms with Gasteiger partial charge in [-0.1, -0.05) is 61.3 Å². The van der Waals surface area contributed by atoms with Crippen LogP contribution in [0.4, 0.5) is 10.7 Å². The number of piperazine rings is 1. The van der Waals surface area contributed by atoms with Crippen molar-refractivity contribution in [3.63, 3.8) is 0 Å². The van der Waals surface area contributed by atoms with Gasteiger partial charge in [0.1, 0.15) is 18.1 Å². The van der Waals surface area contributed by atoms with Gasteiger partial charge in [-0.15, -0.1) is 0 Å². The Balaban J connectivity index is 1.26. The van der Waals surface area contributed by atoms with Crippen molar-refractivity contribution < 1.29 is 28.8 Å². The Labute approximate surface area is 293 Å². The lowest BCUT2D eigenvalue weighted by molar-refractivity contribution is -0.145. The number of amides is 6. The fourth-order valence-corrected chi connectivity index (χ4v) is 7.58. The molecule has 2 saturated carbocycles. The number of nitrogens with two attached hydrogens (primary N) is 1. The van der Waals surface area contributed by atoms with E-state index < -0.39 is 59.1 Å². The van der Waals surface area contributed by atoms with Crippen molar-refractivity contribution >= 4 is 41.4 Å². The van der Waals surface area contributed by atoms with Crippen LogP contribution in [0.2, 0.25) is 0 Å². The predicted octanol–water partition coefficient (Wildman–Crippen LogP) is 0.686. The van der Waals surface area contributed by atoms with Crippen molar-refractivity contribution in [1.82, 2.24) is 35.7 Å². The topological polar surface area (TPSA) is 200 Å². The van der Waals surface area contributed by atoms with Gasteiger partial charge in [0.25, 0.3) is 5.91 Å². The summed E-state index contributed by atoms with van der Waals surface area (Å²) in [7, 11) is 0. The molecule has 6 amide bonds. The molecule has 1 aromatic rings. The number of ketones is 1. The largest absolute Gasteiger partial charge is 0.363 e. The molecular weight excluding hydrogens is 642 g/mol. The molecule has 0 bridgehead atoms. The summed E-state index contributed by atoms with van der Waals surface area (Å²) in [5.74, 6) is -2.59. The summed E-state index contributed by atoms with van der Waals surface area (Å²) < 4.78 is 0. The lowest BCUT2D eigenvalue weighted by Gasteiger charge is -2.39. The number of rotatable bonds is 12. The lowest BCUT2D eigenvalue weighted by Crippen LogP contribution is -2.63. The molecule has 4 fully saturated rings. The summed E-state index contributed by atoms with van der Waals surface area (Å²) in [5, 5.41) is 8.44. The molecule has 0 spiro atoms. The summed E-state index contributed by atoms with van der Waals surface area (Å²) in [6, 6.07) is -2.72. The Hall–Kier alpha value is -4.30. The first-order chi connectivity index (χ1) is 23.4. The van der Waals surface area contributed by atoms with Crippen LogP contribution in [0.1, 0.15) is 67.7 Å². The van der Waals surface area contributed by atoms with Crippen LogP contribution in [0.15, 0.2) is 18.5 Å². The van der Waals surface area contributed by atoms with Gasteiger partial charge < -0.3 is 36.4 Å². The molecule has 3 heterocycles. The summed E-state index contributed by atoms with van der Waals surface area (Å²) in [5.41, 5.74) is 4.35. The van der Waals surface area contributed by atoms with Gasteiger partial charge in [0.2, 0.25) is 29.5 Å². The smallest absolute Gasteiger partial charge is 0.316 e. The Morgan fingerprint density at radius 1 is 0.940 bits per heavy atom. The Morgan fingerprint density at radius 2 is 1.56 bits per heavy atom. The highest BCUT2D eigenvalue weighted by molar-refractivity contribution is 6.37. The zero-order valence-corrected chi connectivity index (χ0v) is 30.3. The third-order valence-electron chi connectivity index (χ3n) is 10.9. The van der Waals surface area contributed by atoms with Gasteiger partial charge in [-0.25, -0.2) is 14.8 Å². The number of Topliss-reactive ketones (excluding diaryl/α,β-unsaturated/α-hetero) is 1. The number of aromatic nitrogens is 2. The number of fused-ring (bicyclic) bond motifs is 1. The number of likely N-dealkylation sites (tertiary alicyclic amines) is 1. The second kappa shape index (κ2) is 14.1. The average molecular weight is 696 g/mol. The number of anilines is 1. The number of primary amides is 1. The van der Waals surface area contributed by atoms with Crippen LogP contribution in [0.5, 0.6) is 0 Å². The molecule has 6 atom stereocenters. The third-order valence-corrected chi connectivity index (χ3v) is 10.9. The maximum atomic E-state index is 14.4. The second-order valence-corrected chi connectivity index (χ2v) is 16.4. The molecular formula is C35H53N9O6. The van der Waals surface area contributed by atoms with Crippen molar-refractivity contribution in [2.75, 3.05) is 37.6 Å². The maximum absolute atomic E-state index is 14.4. The number of hydrogen-bond acceptors (Lipinski definition) is 9. The van der Waals surface area contributed by atoms with Crippen molar-refractivity contribution in [2.45, 2.75) is 91.9 Å². The van der Waals surface area contributed by atoms with Crippen LogP contribution >= 0.6 is 0 Å². The van der Waals surface area contributed by atoms with Gasteiger partial charge in [-0.3, -0.25) is 24.0 Å². The number of piperidine rings is 1. The quantitative estimate of drug-likeness (QED) is 0.227. The van der Waals surface area contributed by atoms with Gasteiger partial charge in [-0.05, 0) is 47.0 Å². The molecule has 2 unspecified atom stereocenters. The number of carbonyl (C=O) groups is 6. The molecule has 4 aliphatic rings. The highest BCUT2D eigenvalue weighted by Crippen LogP contribution is 2.65. The number of nitrogens with zero attached hydrogens (tertiary/aromatic N) is 5. The van der Waals surface area contributed by atoms with Crippen LogP contribution in [0.3, 0.4) is 0 Å². The zero-order chi connectivity index (χ0) is 36.7. The predicted molar refractivity (Wildman–Crippen MR) is 184 cm³/mol. The maximum Gasteiger partial charge on any atom is 0.316 e. The third kappa shape index (κ3) is 7.86. The SMILES string of the molecule is CC(C)C(NC(=O)N[C@H](C(=O)N1C[C@H]2[C@@H]([C@H]1C(=O)NC(CC1CC1)C(=O)C(N)=O)C2(C)C)C(C)(C)C)C(=O)N1CCN(c2ncccn2)CC1. The molecule has 1 aromatic heterocycles. The van der Waals surface area contributed by atoms with Crippen molar-refractivity contribution in [2.24, 2.45) is 40.2 Å². The van der Waals surface area contributed by atoms with Crippen LogP contribution in [0, 0.1) is 34.5 Å². The molecule has 2 aliphatic carbocycles. The highest BCUT2D eigenvalue weighted by atomic mass is 16.2. The summed E-state index contributed by atoms with van der Waals surface area (Å²) in [6.07, 6.45) is 5.50. The minimum atomic E-state index is -1.11. The summed E-state index contributed by atoms with van der Waals surface area (Å²) in [6.45, 7) is 15.6. The Kier molecular flexibility index (Phi) is 10.5. The van der Waals surface area contributed by atoms with E-state index in [1.165, 1.54) is 4.90 Å². The second-order valence-electron chi connectivity index (χ2n) is 16.4. The van der Waals surface area contributed by atoms with E-state index in [1.807, 2.05) is 53.4 Å². The highest BCUT2D eigenvalue weighted by Gasteiger charge is 2.70. The molecule has 15 nitrogen and oxygen atoms in total. The van der Waals surface area contributed by atoms with E-state index in [9.17, 15) is 28.8 Å². The first kappa shape index (κ1) is 37.0. The molecule has 5 N–H and O–H groups in total. The Bertz CT molecular complexity index is 1480. The average Bonchev–Trinajstić information content (AvgIpc) is 3.92. The van der Waals surface area contributed by atoms with Crippen LogP contribution in [0.25, 0.3) is 0 Å². The number of hydrogen-bond donors (Lipinski definition) is 4. The minimum absolute atomic E-state index is 0.0576. The van der Waals surface area contributed by atoms with E-state index >= 15 is 0 Å².